The Morgan fingerprint density at radius 3 is 2.42 bits per heavy atom. The average molecular weight is 558 g/mol. The van der Waals surface area contributed by atoms with Crippen LogP contribution in [0.2, 0.25) is 0 Å². The fourth-order valence-corrected chi connectivity index (χ4v) is 5.87. The highest BCUT2D eigenvalue weighted by Gasteiger charge is 2.42. The smallest absolute Gasteiger partial charge is 0.422 e. The summed E-state index contributed by atoms with van der Waals surface area (Å²) in [7, 11) is -1.84. The van der Waals surface area contributed by atoms with Crippen LogP contribution in [0.25, 0.3) is 0 Å². The van der Waals surface area contributed by atoms with Crippen molar-refractivity contribution >= 4 is 15.7 Å². The first-order valence-corrected chi connectivity index (χ1v) is 14.4. The van der Waals surface area contributed by atoms with E-state index in [0.29, 0.717) is 24.0 Å². The summed E-state index contributed by atoms with van der Waals surface area (Å²) < 4.78 is 69.5. The van der Waals surface area contributed by atoms with E-state index in [0.717, 1.165) is 42.6 Å². The minimum Gasteiger partial charge on any atom is -0.774 e. The van der Waals surface area contributed by atoms with Crippen LogP contribution in [-0.4, -0.2) is 58.8 Å². The number of ether oxygens (including phenoxy) is 2. The van der Waals surface area contributed by atoms with Gasteiger partial charge in [-0.1, -0.05) is 47.2 Å². The minimum atomic E-state index is -4.39. The maximum Gasteiger partial charge on any atom is 0.422 e. The molecule has 2 unspecified atom stereocenters. The standard InChI is InChI=1S/C20H28F3NO3.C8H10O2S/c1-12(2)6-14-10-24-5-4-13-7-19(27-11-20(21,22)23)18(26-3)8-15(13)16(24)9-17(14)25;1-7-3-5-8(6-4-7)11(2,9)10/h7-8,12,14,16-17,25H,4-6,9-11H2,1-3H3;3-6H,2H2,1H3,(H,9,10)/t14-,16-,17-;/m1./s1. The molecule has 0 aromatic heterocycles. The number of hydrogen-bond donors (Lipinski definition) is 2. The molecule has 1 saturated heterocycles. The third-order valence-corrected chi connectivity index (χ3v) is 8.09. The van der Waals surface area contributed by atoms with Gasteiger partial charge in [0.2, 0.25) is 0 Å². The molecule has 0 amide bonds. The summed E-state index contributed by atoms with van der Waals surface area (Å²) >= 11 is 0. The van der Waals surface area contributed by atoms with E-state index in [1.54, 1.807) is 36.4 Å². The van der Waals surface area contributed by atoms with Crippen molar-refractivity contribution < 1.29 is 41.4 Å². The Labute approximate surface area is 223 Å². The van der Waals surface area contributed by atoms with Crippen LogP contribution >= 0.6 is 0 Å². The zero-order chi connectivity index (χ0) is 28.3. The Morgan fingerprint density at radius 2 is 1.87 bits per heavy atom. The largest absolute Gasteiger partial charge is 0.774 e. The monoisotopic (exact) mass is 557 g/mol. The number of benzene rings is 2. The summed E-state index contributed by atoms with van der Waals surface area (Å²) in [6, 6.07) is 10.2. The Morgan fingerprint density at radius 1 is 1.21 bits per heavy atom. The van der Waals surface area contributed by atoms with E-state index in [1.807, 2.05) is 6.92 Å². The highest BCUT2D eigenvalue weighted by molar-refractivity contribution is 7.95. The molecule has 4 rings (SSSR count). The fourth-order valence-electron chi connectivity index (χ4n) is 5.32. The lowest BCUT2D eigenvalue weighted by Crippen LogP contribution is -3.15. The molecule has 2 aliphatic heterocycles. The summed E-state index contributed by atoms with van der Waals surface area (Å²) in [5.74, 6) is 4.34. The average Bonchev–Trinajstić information content (AvgIpc) is 2.82. The lowest BCUT2D eigenvalue weighted by Gasteiger charge is -2.43. The first kappa shape index (κ1) is 30.3. The number of aliphatic hydroxyl groups is 1. The first-order chi connectivity index (χ1) is 17.7. The fraction of sp³-hybridized carbons (Fsp3) is 0.536. The zero-order valence-electron chi connectivity index (χ0n) is 22.3. The van der Waals surface area contributed by atoms with E-state index in [1.165, 1.54) is 12.0 Å². The van der Waals surface area contributed by atoms with Gasteiger partial charge in [-0.25, -0.2) is 0 Å². The van der Waals surface area contributed by atoms with Gasteiger partial charge in [0.05, 0.1) is 26.3 Å². The molecule has 38 heavy (non-hydrogen) atoms. The van der Waals surface area contributed by atoms with Crippen molar-refractivity contribution in [1.82, 2.24) is 0 Å². The third-order valence-electron chi connectivity index (χ3n) is 7.10. The number of hydrogen-bond acceptors (Lipinski definition) is 5. The summed E-state index contributed by atoms with van der Waals surface area (Å²) in [6.45, 7) is 6.76. The van der Waals surface area contributed by atoms with E-state index in [2.05, 4.69) is 19.7 Å². The number of methoxy groups -OCH3 is 1. The number of fused-ring (bicyclic) bond motifs is 3. The van der Waals surface area contributed by atoms with Crippen molar-refractivity contribution in [3.63, 3.8) is 0 Å². The molecule has 1 fully saturated rings. The summed E-state index contributed by atoms with van der Waals surface area (Å²) in [4.78, 5) is 1.72. The van der Waals surface area contributed by atoms with E-state index in [9.17, 15) is 27.0 Å². The van der Waals surface area contributed by atoms with Crippen LogP contribution in [0, 0.1) is 18.8 Å². The number of aryl methyl sites for hydroxylation is 1. The molecule has 2 aliphatic rings. The van der Waals surface area contributed by atoms with Crippen molar-refractivity contribution in [2.24, 2.45) is 11.8 Å². The van der Waals surface area contributed by atoms with Gasteiger partial charge in [-0.3, -0.25) is 4.21 Å². The van der Waals surface area contributed by atoms with Gasteiger partial charge in [0, 0.05) is 29.2 Å². The molecule has 0 saturated carbocycles. The maximum atomic E-state index is 12.5. The molecule has 0 aliphatic carbocycles. The first-order valence-electron chi connectivity index (χ1n) is 12.8. The highest BCUT2D eigenvalue weighted by atomic mass is 32.2. The lowest BCUT2D eigenvalue weighted by molar-refractivity contribution is -0.944. The quantitative estimate of drug-likeness (QED) is 0.529. The van der Waals surface area contributed by atoms with Crippen LogP contribution in [0.4, 0.5) is 13.2 Å². The molecule has 0 spiro atoms. The normalized spacial score (nSPS) is 24.4. The lowest BCUT2D eigenvalue weighted by atomic mass is 9.79. The van der Waals surface area contributed by atoms with Gasteiger partial charge >= 0.3 is 6.18 Å². The third kappa shape index (κ3) is 8.11. The molecule has 0 radical (unpaired) electrons. The van der Waals surface area contributed by atoms with Gasteiger partial charge < -0.3 is 24.0 Å². The second kappa shape index (κ2) is 12.3. The molecular weight excluding hydrogens is 519 g/mol. The van der Waals surface area contributed by atoms with Crippen LogP contribution < -0.4 is 14.4 Å². The van der Waals surface area contributed by atoms with Crippen molar-refractivity contribution in [3.05, 3.63) is 53.1 Å². The van der Waals surface area contributed by atoms with Crippen molar-refractivity contribution in [1.29, 1.82) is 0 Å². The SMILES string of the molecule is C=S(=O)([O-])c1ccc(C)cc1.COc1cc2c(cc1OCC(F)(F)F)CC[NH+]1C[C@@H](CC(C)C)[C@H](O)C[C@H]21. The Kier molecular flexibility index (Phi) is 9.78. The van der Waals surface area contributed by atoms with Gasteiger partial charge in [-0.2, -0.15) is 13.2 Å². The maximum absolute atomic E-state index is 12.5. The van der Waals surface area contributed by atoms with Crippen LogP contribution in [0.3, 0.4) is 0 Å². The van der Waals surface area contributed by atoms with Crippen LogP contribution in [0.5, 0.6) is 11.5 Å². The molecule has 0 bridgehead atoms. The number of halogens is 3. The van der Waals surface area contributed by atoms with E-state index < -0.39 is 22.6 Å². The number of aliphatic hydroxyl groups excluding tert-OH is 1. The molecule has 2 aromatic rings. The molecule has 2 heterocycles. The molecule has 6 nitrogen and oxygen atoms in total. The second-order valence-electron chi connectivity index (χ2n) is 10.6. The van der Waals surface area contributed by atoms with Crippen LogP contribution in [0.1, 0.15) is 49.4 Å². The minimum absolute atomic E-state index is 0.131. The molecule has 2 N–H and O–H groups in total. The summed E-state index contributed by atoms with van der Waals surface area (Å²) in [5.41, 5.74) is 3.10. The van der Waals surface area contributed by atoms with E-state index >= 15 is 0 Å². The van der Waals surface area contributed by atoms with Crippen LogP contribution in [-0.2, 0) is 16.2 Å². The zero-order valence-corrected chi connectivity index (χ0v) is 23.2. The topological polar surface area (TPSA) is 83.3 Å². The summed E-state index contributed by atoms with van der Waals surface area (Å²) in [5, 5.41) is 10.6. The van der Waals surface area contributed by atoms with E-state index in [-0.39, 0.29) is 22.8 Å². The molecule has 212 valence electrons. The number of quaternary nitrogens is 1. The van der Waals surface area contributed by atoms with Gasteiger partial charge in [-0.15, -0.1) is 0 Å². The van der Waals surface area contributed by atoms with Crippen molar-refractivity contribution in [2.45, 2.75) is 63.3 Å². The predicted octanol–water partition coefficient (Wildman–Crippen LogP) is 3.75. The van der Waals surface area contributed by atoms with Gasteiger partial charge in [0.1, 0.15) is 6.04 Å². The van der Waals surface area contributed by atoms with E-state index in [4.69, 9.17) is 9.47 Å². The Balaban J connectivity index is 0.000000304. The molecular formula is C28H38F3NO5S. The number of piperidine rings is 1. The number of rotatable bonds is 6. The molecule has 5 atom stereocenters. The highest BCUT2D eigenvalue weighted by Crippen LogP contribution is 2.38. The summed E-state index contributed by atoms with van der Waals surface area (Å²) in [6.07, 6.45) is -2.26. The Bertz CT molecular complexity index is 1180. The number of alkyl halides is 3. The van der Waals surface area contributed by atoms with Gasteiger partial charge in [0.15, 0.2) is 18.1 Å². The molecule has 2 aromatic carbocycles. The second-order valence-corrected chi connectivity index (χ2v) is 12.3. The Hall–Kier alpha value is -2.27. The number of nitrogens with one attached hydrogen (secondary N) is 1. The van der Waals surface area contributed by atoms with Gasteiger partial charge in [0.25, 0.3) is 0 Å². The molecule has 10 heteroatoms. The predicted molar refractivity (Wildman–Crippen MR) is 141 cm³/mol. The van der Waals surface area contributed by atoms with Crippen LogP contribution in [0.15, 0.2) is 41.3 Å². The van der Waals surface area contributed by atoms with Crippen molar-refractivity contribution in [3.8, 4) is 11.5 Å². The van der Waals surface area contributed by atoms with Gasteiger partial charge in [-0.05, 0) is 49.1 Å². The van der Waals surface area contributed by atoms with Crippen molar-refractivity contribution in [2.75, 3.05) is 26.8 Å².